The molecule has 0 bridgehead atoms. The summed E-state index contributed by atoms with van der Waals surface area (Å²) in [4.78, 5) is 25.9. The first-order chi connectivity index (χ1) is 13.1. The third-order valence-electron chi connectivity index (χ3n) is 3.90. The molecule has 27 heavy (non-hydrogen) atoms. The summed E-state index contributed by atoms with van der Waals surface area (Å²) in [5.74, 6) is 0.510. The average Bonchev–Trinajstić information content (AvgIpc) is 3.19. The summed E-state index contributed by atoms with van der Waals surface area (Å²) in [5, 5.41) is 5.62. The quantitative estimate of drug-likeness (QED) is 0.601. The normalized spacial score (nSPS) is 10.4. The lowest BCUT2D eigenvalue weighted by atomic mass is 10.1. The number of hydrogen-bond donors (Lipinski definition) is 2. The van der Waals surface area contributed by atoms with Crippen LogP contribution in [0, 0.1) is 6.92 Å². The van der Waals surface area contributed by atoms with Crippen molar-refractivity contribution in [2.75, 3.05) is 11.1 Å². The molecular formula is C21H20N2O3S. The van der Waals surface area contributed by atoms with Gasteiger partial charge >= 0.3 is 0 Å². The maximum atomic E-state index is 12.5. The smallest absolute Gasteiger partial charge is 0.253 e. The summed E-state index contributed by atoms with van der Waals surface area (Å²) in [5.41, 5.74) is 2.04. The first kappa shape index (κ1) is 18.8. The van der Waals surface area contributed by atoms with Crippen LogP contribution in [0.25, 0.3) is 0 Å². The number of thioether (sulfide) groups is 1. The van der Waals surface area contributed by atoms with Gasteiger partial charge in [0.25, 0.3) is 5.91 Å². The molecule has 2 N–H and O–H groups in total. The summed E-state index contributed by atoms with van der Waals surface area (Å²) in [6.07, 6.45) is 1.56. The first-order valence-electron chi connectivity index (χ1n) is 8.51. The molecule has 6 heteroatoms. The zero-order chi connectivity index (χ0) is 19.1. The van der Waals surface area contributed by atoms with Crippen molar-refractivity contribution in [3.63, 3.8) is 0 Å². The molecular weight excluding hydrogens is 360 g/mol. The molecule has 0 fully saturated rings. The first-order valence-corrected chi connectivity index (χ1v) is 9.50. The number of carbonyl (C=O) groups is 2. The van der Waals surface area contributed by atoms with Crippen LogP contribution >= 0.6 is 11.8 Å². The van der Waals surface area contributed by atoms with E-state index >= 15 is 0 Å². The van der Waals surface area contributed by atoms with Crippen LogP contribution in [0.1, 0.15) is 21.7 Å². The fraction of sp³-hybridized carbons (Fsp3) is 0.143. The van der Waals surface area contributed by atoms with Gasteiger partial charge in [0, 0.05) is 4.90 Å². The highest BCUT2D eigenvalue weighted by Gasteiger charge is 2.13. The van der Waals surface area contributed by atoms with Crippen molar-refractivity contribution in [3.8, 4) is 0 Å². The average molecular weight is 380 g/mol. The Morgan fingerprint density at radius 1 is 1.00 bits per heavy atom. The third-order valence-corrected chi connectivity index (χ3v) is 5.08. The number of benzene rings is 2. The van der Waals surface area contributed by atoms with Gasteiger partial charge in [-0.05, 0) is 42.8 Å². The number of amides is 2. The molecule has 3 aromatic rings. The Kier molecular flexibility index (Phi) is 6.33. The van der Waals surface area contributed by atoms with Crippen LogP contribution in [0.2, 0.25) is 0 Å². The molecule has 2 aromatic carbocycles. The lowest BCUT2D eigenvalue weighted by Crippen LogP contribution is -2.25. The van der Waals surface area contributed by atoms with E-state index in [1.165, 1.54) is 11.8 Å². The molecule has 2 amide bonds. The highest BCUT2D eigenvalue weighted by Crippen LogP contribution is 2.22. The van der Waals surface area contributed by atoms with E-state index < -0.39 is 0 Å². The van der Waals surface area contributed by atoms with Gasteiger partial charge < -0.3 is 15.1 Å². The predicted octanol–water partition coefficient (Wildman–Crippen LogP) is 4.25. The Morgan fingerprint density at radius 2 is 1.78 bits per heavy atom. The van der Waals surface area contributed by atoms with Gasteiger partial charge in [-0.3, -0.25) is 9.59 Å². The minimum Gasteiger partial charge on any atom is -0.467 e. The Balaban J connectivity index is 1.60. The predicted molar refractivity (Wildman–Crippen MR) is 107 cm³/mol. The molecule has 138 valence electrons. The molecule has 0 radical (unpaired) electrons. The fourth-order valence-corrected chi connectivity index (χ4v) is 3.34. The number of furan rings is 1. The summed E-state index contributed by atoms with van der Waals surface area (Å²) in [6, 6.07) is 18.4. The van der Waals surface area contributed by atoms with Crippen molar-refractivity contribution in [1.29, 1.82) is 0 Å². The standard InChI is InChI=1S/C21H20N2O3S/c1-15-7-2-5-11-19(15)27-14-20(24)23-18-10-4-3-9-17(18)21(25)22-13-16-8-6-12-26-16/h2-12H,13-14H2,1H3,(H,22,25)(H,23,24). The SMILES string of the molecule is Cc1ccccc1SCC(=O)Nc1ccccc1C(=O)NCc1ccco1. The Bertz CT molecular complexity index is 923. The van der Waals surface area contributed by atoms with E-state index in [9.17, 15) is 9.59 Å². The van der Waals surface area contributed by atoms with E-state index in [-0.39, 0.29) is 24.1 Å². The molecule has 3 rings (SSSR count). The van der Waals surface area contributed by atoms with Crippen molar-refractivity contribution in [2.24, 2.45) is 0 Å². The van der Waals surface area contributed by atoms with Crippen molar-refractivity contribution in [1.82, 2.24) is 5.32 Å². The second-order valence-corrected chi connectivity index (χ2v) is 6.93. The molecule has 0 saturated carbocycles. The van der Waals surface area contributed by atoms with Crippen LogP contribution in [-0.2, 0) is 11.3 Å². The maximum Gasteiger partial charge on any atom is 0.253 e. The van der Waals surface area contributed by atoms with E-state index in [0.717, 1.165) is 10.5 Å². The third kappa shape index (κ3) is 5.24. The van der Waals surface area contributed by atoms with Crippen molar-refractivity contribution in [2.45, 2.75) is 18.4 Å². The lowest BCUT2D eigenvalue weighted by Gasteiger charge is -2.11. The maximum absolute atomic E-state index is 12.5. The van der Waals surface area contributed by atoms with Gasteiger partial charge in [0.1, 0.15) is 5.76 Å². The van der Waals surface area contributed by atoms with Crippen LogP contribution in [0.4, 0.5) is 5.69 Å². The molecule has 1 aromatic heterocycles. The van der Waals surface area contributed by atoms with Gasteiger partial charge in [-0.25, -0.2) is 0 Å². The van der Waals surface area contributed by atoms with Crippen LogP contribution < -0.4 is 10.6 Å². The van der Waals surface area contributed by atoms with Gasteiger partial charge in [0.2, 0.25) is 5.91 Å². The zero-order valence-electron chi connectivity index (χ0n) is 14.9. The fourth-order valence-electron chi connectivity index (χ4n) is 2.51. The molecule has 0 spiro atoms. The number of rotatable bonds is 7. The van der Waals surface area contributed by atoms with Gasteiger partial charge in [-0.15, -0.1) is 11.8 Å². The summed E-state index contributed by atoms with van der Waals surface area (Å²) < 4.78 is 5.21. The minimum atomic E-state index is -0.270. The van der Waals surface area contributed by atoms with E-state index in [4.69, 9.17) is 4.42 Å². The van der Waals surface area contributed by atoms with E-state index in [2.05, 4.69) is 10.6 Å². The van der Waals surface area contributed by atoms with Gasteiger partial charge in [0.05, 0.1) is 29.8 Å². The highest BCUT2D eigenvalue weighted by molar-refractivity contribution is 8.00. The largest absolute Gasteiger partial charge is 0.467 e. The molecule has 0 aliphatic carbocycles. The van der Waals surface area contributed by atoms with Gasteiger partial charge in [-0.1, -0.05) is 30.3 Å². The summed E-state index contributed by atoms with van der Waals surface area (Å²) in [7, 11) is 0. The number of aryl methyl sites for hydroxylation is 1. The monoisotopic (exact) mass is 380 g/mol. The second kappa shape index (κ2) is 9.09. The van der Waals surface area contributed by atoms with Gasteiger partial charge in [-0.2, -0.15) is 0 Å². The minimum absolute atomic E-state index is 0.158. The lowest BCUT2D eigenvalue weighted by molar-refractivity contribution is -0.113. The Hall–Kier alpha value is -2.99. The molecule has 1 heterocycles. The van der Waals surface area contributed by atoms with Crippen LogP contribution in [0.3, 0.4) is 0 Å². The Labute approximate surface area is 162 Å². The van der Waals surface area contributed by atoms with Gasteiger partial charge in [0.15, 0.2) is 0 Å². The molecule has 5 nitrogen and oxygen atoms in total. The molecule has 0 atom stereocenters. The number of nitrogens with one attached hydrogen (secondary N) is 2. The van der Waals surface area contributed by atoms with Crippen molar-refractivity contribution in [3.05, 3.63) is 83.8 Å². The summed E-state index contributed by atoms with van der Waals surface area (Å²) in [6.45, 7) is 2.30. The van der Waals surface area contributed by atoms with Crippen LogP contribution in [0.15, 0.2) is 76.2 Å². The van der Waals surface area contributed by atoms with E-state index in [1.54, 1.807) is 42.7 Å². The zero-order valence-corrected chi connectivity index (χ0v) is 15.7. The number of hydrogen-bond acceptors (Lipinski definition) is 4. The van der Waals surface area contributed by atoms with E-state index in [1.807, 2.05) is 31.2 Å². The number of anilines is 1. The van der Waals surface area contributed by atoms with Crippen LogP contribution in [0.5, 0.6) is 0 Å². The molecule has 0 aliphatic rings. The highest BCUT2D eigenvalue weighted by atomic mass is 32.2. The van der Waals surface area contributed by atoms with Crippen LogP contribution in [-0.4, -0.2) is 17.6 Å². The summed E-state index contributed by atoms with van der Waals surface area (Å²) >= 11 is 1.47. The number of carbonyl (C=O) groups excluding carboxylic acids is 2. The number of para-hydroxylation sites is 1. The Morgan fingerprint density at radius 3 is 2.56 bits per heavy atom. The topological polar surface area (TPSA) is 71.3 Å². The molecule has 0 aliphatic heterocycles. The van der Waals surface area contributed by atoms with E-state index in [0.29, 0.717) is 17.0 Å². The molecule has 0 unspecified atom stereocenters. The second-order valence-electron chi connectivity index (χ2n) is 5.91. The van der Waals surface area contributed by atoms with Crippen molar-refractivity contribution < 1.29 is 14.0 Å². The molecule has 0 saturated heterocycles. The van der Waals surface area contributed by atoms with Crippen molar-refractivity contribution >= 4 is 29.3 Å².